The molecule has 1 saturated heterocycles. The number of piperidine rings is 1. The standard InChI is InChI=1S/C20H20ClN3O3S/c1-14-2-5-18(6-3-14)28(26,27)24-10-8-15(9-11-24)20(25)23-17-4-7-19(21)16(12-17)13-22/h2-7,12,15H,8-11H2,1H3,(H,23,25). The first-order valence-electron chi connectivity index (χ1n) is 8.88. The first-order chi connectivity index (χ1) is 13.3. The van der Waals surface area contributed by atoms with E-state index in [4.69, 9.17) is 16.9 Å². The topological polar surface area (TPSA) is 90.3 Å². The number of nitrogens with zero attached hydrogens (tertiary/aromatic N) is 2. The molecule has 3 rings (SSSR count). The van der Waals surface area contributed by atoms with E-state index in [-0.39, 0.29) is 16.7 Å². The van der Waals surface area contributed by atoms with Gasteiger partial charge in [-0.25, -0.2) is 8.42 Å². The Labute approximate surface area is 169 Å². The average Bonchev–Trinajstić information content (AvgIpc) is 2.70. The maximum Gasteiger partial charge on any atom is 0.243 e. The van der Waals surface area contributed by atoms with Crippen LogP contribution < -0.4 is 5.32 Å². The molecule has 1 N–H and O–H groups in total. The Morgan fingerprint density at radius 3 is 2.43 bits per heavy atom. The van der Waals surface area contributed by atoms with Crippen molar-refractivity contribution in [3.63, 3.8) is 0 Å². The summed E-state index contributed by atoms with van der Waals surface area (Å²) in [6.45, 7) is 2.48. The summed E-state index contributed by atoms with van der Waals surface area (Å²) in [6.07, 6.45) is 0.880. The summed E-state index contributed by atoms with van der Waals surface area (Å²) in [6, 6.07) is 13.5. The van der Waals surface area contributed by atoms with Crippen molar-refractivity contribution < 1.29 is 13.2 Å². The summed E-state index contributed by atoms with van der Waals surface area (Å²) in [5.41, 5.74) is 1.79. The normalized spacial score (nSPS) is 15.8. The highest BCUT2D eigenvalue weighted by molar-refractivity contribution is 7.89. The summed E-state index contributed by atoms with van der Waals surface area (Å²) in [4.78, 5) is 12.8. The Balaban J connectivity index is 1.62. The van der Waals surface area contributed by atoms with E-state index < -0.39 is 10.0 Å². The molecule has 0 saturated carbocycles. The minimum atomic E-state index is -3.55. The number of carbonyl (C=O) groups is 1. The fourth-order valence-corrected chi connectivity index (χ4v) is 4.78. The Kier molecular flexibility index (Phi) is 6.04. The molecule has 0 bridgehead atoms. The second kappa shape index (κ2) is 8.31. The highest BCUT2D eigenvalue weighted by atomic mass is 35.5. The van der Waals surface area contributed by atoms with Gasteiger partial charge in [0.05, 0.1) is 15.5 Å². The Morgan fingerprint density at radius 1 is 1.18 bits per heavy atom. The smallest absolute Gasteiger partial charge is 0.243 e. The molecule has 1 aliphatic heterocycles. The zero-order valence-electron chi connectivity index (χ0n) is 15.4. The van der Waals surface area contributed by atoms with E-state index in [1.54, 1.807) is 36.4 Å². The molecule has 1 aliphatic rings. The number of nitrogens with one attached hydrogen (secondary N) is 1. The maximum atomic E-state index is 12.8. The lowest BCUT2D eigenvalue weighted by molar-refractivity contribution is -0.120. The fraction of sp³-hybridized carbons (Fsp3) is 0.300. The van der Waals surface area contributed by atoms with Gasteiger partial charge in [-0.05, 0) is 50.1 Å². The quantitative estimate of drug-likeness (QED) is 0.823. The van der Waals surface area contributed by atoms with Gasteiger partial charge >= 0.3 is 0 Å². The van der Waals surface area contributed by atoms with E-state index >= 15 is 0 Å². The van der Waals surface area contributed by atoms with E-state index in [1.807, 2.05) is 13.0 Å². The van der Waals surface area contributed by atoms with Crippen LogP contribution in [0, 0.1) is 24.2 Å². The van der Waals surface area contributed by atoms with Gasteiger partial charge in [-0.2, -0.15) is 9.57 Å². The van der Waals surface area contributed by atoms with Crippen LogP contribution in [0.4, 0.5) is 5.69 Å². The van der Waals surface area contributed by atoms with Crippen LogP contribution in [0.3, 0.4) is 0 Å². The number of sulfonamides is 1. The van der Waals surface area contributed by atoms with Gasteiger partial charge in [0.25, 0.3) is 0 Å². The van der Waals surface area contributed by atoms with Gasteiger partial charge in [-0.1, -0.05) is 29.3 Å². The third-order valence-corrected chi connectivity index (χ3v) is 7.08. The number of rotatable bonds is 4. The summed E-state index contributed by atoms with van der Waals surface area (Å²) < 4.78 is 26.9. The van der Waals surface area contributed by atoms with Crippen LogP contribution in [0.2, 0.25) is 5.02 Å². The number of aryl methyl sites for hydroxylation is 1. The third-order valence-electron chi connectivity index (χ3n) is 4.84. The van der Waals surface area contributed by atoms with Crippen molar-refractivity contribution in [1.82, 2.24) is 4.31 Å². The van der Waals surface area contributed by atoms with Gasteiger partial charge in [-0.3, -0.25) is 4.79 Å². The van der Waals surface area contributed by atoms with Gasteiger partial charge < -0.3 is 5.32 Å². The summed E-state index contributed by atoms with van der Waals surface area (Å²) in [5, 5.41) is 12.1. The first kappa shape index (κ1) is 20.3. The number of hydrogen-bond acceptors (Lipinski definition) is 4. The predicted octanol–water partition coefficient (Wildman–Crippen LogP) is 3.56. The Bertz CT molecular complexity index is 1020. The van der Waals surface area contributed by atoms with Crippen molar-refractivity contribution in [1.29, 1.82) is 5.26 Å². The lowest BCUT2D eigenvalue weighted by Crippen LogP contribution is -2.41. The van der Waals surface area contributed by atoms with Crippen LogP contribution in [0.25, 0.3) is 0 Å². The third kappa shape index (κ3) is 4.36. The molecule has 6 nitrogen and oxygen atoms in total. The maximum absolute atomic E-state index is 12.8. The van der Waals surface area contributed by atoms with Crippen LogP contribution in [0.5, 0.6) is 0 Å². The van der Waals surface area contributed by atoms with Gasteiger partial charge in [0, 0.05) is 24.7 Å². The molecule has 0 spiro atoms. The fourth-order valence-electron chi connectivity index (χ4n) is 3.15. The SMILES string of the molecule is Cc1ccc(S(=O)(=O)N2CCC(C(=O)Nc3ccc(Cl)c(C#N)c3)CC2)cc1. The first-order valence-corrected chi connectivity index (χ1v) is 10.7. The summed E-state index contributed by atoms with van der Waals surface area (Å²) >= 11 is 5.90. The molecule has 1 amide bonds. The molecule has 2 aromatic carbocycles. The average molecular weight is 418 g/mol. The van der Waals surface area contributed by atoms with Crippen molar-refractivity contribution in [2.75, 3.05) is 18.4 Å². The lowest BCUT2D eigenvalue weighted by Gasteiger charge is -2.30. The molecule has 1 heterocycles. The van der Waals surface area contributed by atoms with Gasteiger partial charge in [0.1, 0.15) is 6.07 Å². The van der Waals surface area contributed by atoms with Crippen LogP contribution in [-0.2, 0) is 14.8 Å². The minimum Gasteiger partial charge on any atom is -0.326 e. The van der Waals surface area contributed by atoms with Crippen LogP contribution in [0.1, 0.15) is 24.0 Å². The summed E-state index contributed by atoms with van der Waals surface area (Å²) in [5.74, 6) is -0.468. The van der Waals surface area contributed by atoms with Crippen LogP contribution in [0.15, 0.2) is 47.4 Å². The van der Waals surface area contributed by atoms with Crippen molar-refractivity contribution >= 4 is 33.2 Å². The molecule has 0 aliphatic carbocycles. The number of benzene rings is 2. The van der Waals surface area contributed by atoms with E-state index in [1.165, 1.54) is 10.4 Å². The lowest BCUT2D eigenvalue weighted by atomic mass is 9.97. The highest BCUT2D eigenvalue weighted by Crippen LogP contribution is 2.26. The molecule has 1 fully saturated rings. The number of anilines is 1. The second-order valence-electron chi connectivity index (χ2n) is 6.79. The molecule has 0 radical (unpaired) electrons. The summed E-state index contributed by atoms with van der Waals surface area (Å²) in [7, 11) is -3.55. The number of nitriles is 1. The van der Waals surface area contributed by atoms with Gasteiger partial charge in [0.15, 0.2) is 0 Å². The second-order valence-corrected chi connectivity index (χ2v) is 9.13. The molecular formula is C20H20ClN3O3S. The van der Waals surface area contributed by atoms with E-state index in [9.17, 15) is 13.2 Å². The van der Waals surface area contributed by atoms with Crippen molar-refractivity contribution in [3.8, 4) is 6.07 Å². The molecular weight excluding hydrogens is 398 g/mol. The molecule has 0 unspecified atom stereocenters. The molecule has 8 heteroatoms. The zero-order valence-corrected chi connectivity index (χ0v) is 16.9. The Hall–Kier alpha value is -2.40. The Morgan fingerprint density at radius 2 is 1.82 bits per heavy atom. The number of hydrogen-bond donors (Lipinski definition) is 1. The molecule has 28 heavy (non-hydrogen) atoms. The van der Waals surface area contributed by atoms with Crippen molar-refractivity contribution in [3.05, 3.63) is 58.6 Å². The monoisotopic (exact) mass is 417 g/mol. The molecule has 0 aromatic heterocycles. The number of halogens is 1. The van der Waals surface area contributed by atoms with Crippen LogP contribution in [-0.4, -0.2) is 31.7 Å². The highest BCUT2D eigenvalue weighted by Gasteiger charge is 2.32. The van der Waals surface area contributed by atoms with Gasteiger partial charge in [0.2, 0.25) is 15.9 Å². The van der Waals surface area contributed by atoms with Crippen LogP contribution >= 0.6 is 11.6 Å². The van der Waals surface area contributed by atoms with Crippen molar-refractivity contribution in [2.45, 2.75) is 24.7 Å². The molecule has 0 atom stereocenters. The largest absolute Gasteiger partial charge is 0.326 e. The molecule has 2 aromatic rings. The van der Waals surface area contributed by atoms with E-state index in [0.717, 1.165) is 5.56 Å². The van der Waals surface area contributed by atoms with E-state index in [2.05, 4.69) is 5.32 Å². The number of amides is 1. The molecule has 146 valence electrons. The zero-order chi connectivity index (χ0) is 20.3. The van der Waals surface area contributed by atoms with Crippen molar-refractivity contribution in [2.24, 2.45) is 5.92 Å². The minimum absolute atomic E-state index is 0.182. The predicted molar refractivity (Wildman–Crippen MR) is 107 cm³/mol. The van der Waals surface area contributed by atoms with Gasteiger partial charge in [-0.15, -0.1) is 0 Å². The number of carbonyl (C=O) groups excluding carboxylic acids is 1. The van der Waals surface area contributed by atoms with E-state index in [0.29, 0.717) is 42.2 Å².